The number of hydroxylamine groups is 2. The summed E-state index contributed by atoms with van der Waals surface area (Å²) in [5.41, 5.74) is 2.01. The maximum atomic E-state index is 12.3. The smallest absolute Gasteiger partial charge is 0.434 e. The summed E-state index contributed by atoms with van der Waals surface area (Å²) in [4.78, 5) is 12.3. The van der Waals surface area contributed by atoms with Crippen molar-refractivity contribution < 1.29 is 14.7 Å². The maximum absolute atomic E-state index is 12.3. The van der Waals surface area contributed by atoms with Crippen LogP contribution in [0.25, 0.3) is 0 Å². The minimum Gasteiger partial charge on any atom is -0.439 e. The largest absolute Gasteiger partial charge is 0.439 e. The number of benzene rings is 2. The maximum Gasteiger partial charge on any atom is 0.434 e. The van der Waals surface area contributed by atoms with Crippen LogP contribution in [0.3, 0.4) is 0 Å². The van der Waals surface area contributed by atoms with Gasteiger partial charge < -0.3 is 10.1 Å². The third-order valence-electron chi connectivity index (χ3n) is 4.95. The van der Waals surface area contributed by atoms with Gasteiger partial charge in [-0.1, -0.05) is 81.4 Å². The molecule has 5 heteroatoms. The molecule has 30 heavy (non-hydrogen) atoms. The van der Waals surface area contributed by atoms with Gasteiger partial charge in [0.2, 0.25) is 0 Å². The lowest BCUT2D eigenvalue weighted by Gasteiger charge is -2.31. The highest BCUT2D eigenvalue weighted by molar-refractivity contribution is 5.66. The van der Waals surface area contributed by atoms with E-state index in [0.717, 1.165) is 37.9 Å². The zero-order chi connectivity index (χ0) is 21.8. The Hall–Kier alpha value is -2.37. The molecule has 0 radical (unpaired) electrons. The van der Waals surface area contributed by atoms with Crippen molar-refractivity contribution in [3.05, 3.63) is 71.8 Å². The number of amides is 1. The Kier molecular flexibility index (Phi) is 9.84. The average molecular weight is 413 g/mol. The van der Waals surface area contributed by atoms with E-state index in [1.807, 2.05) is 57.2 Å². The van der Waals surface area contributed by atoms with Gasteiger partial charge in [-0.3, -0.25) is 5.21 Å². The molecule has 0 saturated heterocycles. The van der Waals surface area contributed by atoms with Crippen molar-refractivity contribution in [2.24, 2.45) is 5.41 Å². The summed E-state index contributed by atoms with van der Waals surface area (Å²) < 4.78 is 5.63. The second kappa shape index (κ2) is 12.4. The first kappa shape index (κ1) is 23.9. The van der Waals surface area contributed by atoms with Crippen molar-refractivity contribution in [3.8, 4) is 0 Å². The van der Waals surface area contributed by atoms with Gasteiger partial charge in [-0.25, -0.2) is 4.79 Å². The molecular formula is C25H36N2O3. The van der Waals surface area contributed by atoms with Crippen LogP contribution < -0.4 is 5.32 Å². The summed E-state index contributed by atoms with van der Waals surface area (Å²) in [5, 5.41) is 14.1. The Morgan fingerprint density at radius 1 is 0.967 bits per heavy atom. The summed E-state index contributed by atoms with van der Waals surface area (Å²) in [6.07, 6.45) is 2.86. The summed E-state index contributed by atoms with van der Waals surface area (Å²) in [6.45, 7) is 7.96. The third-order valence-corrected chi connectivity index (χ3v) is 4.95. The first-order chi connectivity index (χ1) is 14.4. The van der Waals surface area contributed by atoms with Crippen LogP contribution in [0.15, 0.2) is 60.7 Å². The van der Waals surface area contributed by atoms with Crippen LogP contribution in [0, 0.1) is 5.41 Å². The molecule has 2 N–H and O–H groups in total. The lowest BCUT2D eigenvalue weighted by molar-refractivity contribution is -0.0959. The SMILES string of the molecule is CC(C)(C)C(OC(=O)N(O)CCCNCCCCc1ccccc1)c1ccccc1. The Labute approximate surface area is 181 Å². The van der Waals surface area contributed by atoms with Crippen LogP contribution in [0.1, 0.15) is 57.3 Å². The van der Waals surface area contributed by atoms with Crippen LogP contribution in [-0.4, -0.2) is 36.0 Å². The number of ether oxygens (including phenoxy) is 1. The molecule has 0 aliphatic heterocycles. The van der Waals surface area contributed by atoms with E-state index in [1.54, 1.807) is 0 Å². The van der Waals surface area contributed by atoms with Crippen molar-refractivity contribution in [1.82, 2.24) is 10.4 Å². The lowest BCUT2D eigenvalue weighted by atomic mass is 9.84. The zero-order valence-electron chi connectivity index (χ0n) is 18.5. The molecule has 0 aliphatic carbocycles. The molecule has 1 amide bonds. The number of rotatable bonds is 11. The minimum absolute atomic E-state index is 0.238. The van der Waals surface area contributed by atoms with E-state index in [4.69, 9.17) is 4.74 Å². The highest BCUT2D eigenvalue weighted by Gasteiger charge is 2.31. The highest BCUT2D eigenvalue weighted by Crippen LogP contribution is 2.36. The number of carbonyl (C=O) groups excluding carboxylic acids is 1. The number of unbranched alkanes of at least 4 members (excludes halogenated alkanes) is 1. The van der Waals surface area contributed by atoms with Crippen molar-refractivity contribution in [3.63, 3.8) is 0 Å². The van der Waals surface area contributed by atoms with E-state index in [0.29, 0.717) is 11.5 Å². The molecule has 0 fully saturated rings. The topological polar surface area (TPSA) is 61.8 Å². The van der Waals surface area contributed by atoms with Crippen molar-refractivity contribution in [1.29, 1.82) is 0 Å². The molecule has 1 atom stereocenters. The van der Waals surface area contributed by atoms with Crippen molar-refractivity contribution in [2.75, 3.05) is 19.6 Å². The van der Waals surface area contributed by atoms with Gasteiger partial charge in [0.15, 0.2) is 0 Å². The molecule has 1 unspecified atom stereocenters. The molecule has 164 valence electrons. The molecule has 0 bridgehead atoms. The molecule has 0 aromatic heterocycles. The molecule has 2 rings (SSSR count). The van der Waals surface area contributed by atoms with E-state index in [2.05, 4.69) is 29.6 Å². The lowest BCUT2D eigenvalue weighted by Crippen LogP contribution is -2.34. The zero-order valence-corrected chi connectivity index (χ0v) is 18.5. The van der Waals surface area contributed by atoms with Gasteiger partial charge >= 0.3 is 6.09 Å². The fraction of sp³-hybridized carbons (Fsp3) is 0.480. The molecule has 5 nitrogen and oxygen atoms in total. The van der Waals surface area contributed by atoms with E-state index in [9.17, 15) is 10.0 Å². The van der Waals surface area contributed by atoms with Gasteiger partial charge in [-0.05, 0) is 49.9 Å². The van der Waals surface area contributed by atoms with Crippen LogP contribution >= 0.6 is 0 Å². The Morgan fingerprint density at radius 2 is 1.57 bits per heavy atom. The van der Waals surface area contributed by atoms with Gasteiger partial charge in [-0.2, -0.15) is 5.06 Å². The second-order valence-corrected chi connectivity index (χ2v) is 8.71. The van der Waals surface area contributed by atoms with Crippen molar-refractivity contribution in [2.45, 2.75) is 52.6 Å². The normalized spacial score (nSPS) is 12.4. The Bertz CT molecular complexity index is 729. The summed E-state index contributed by atoms with van der Waals surface area (Å²) in [6, 6.07) is 20.1. The first-order valence-corrected chi connectivity index (χ1v) is 10.8. The molecule has 0 saturated carbocycles. The molecule has 2 aromatic rings. The number of hydrogen-bond donors (Lipinski definition) is 2. The van der Waals surface area contributed by atoms with Gasteiger partial charge in [0.25, 0.3) is 0 Å². The molecule has 0 heterocycles. The number of carbonyl (C=O) groups is 1. The van der Waals surface area contributed by atoms with Gasteiger partial charge in [0.1, 0.15) is 6.10 Å². The summed E-state index contributed by atoms with van der Waals surface area (Å²) in [7, 11) is 0. The standard InChI is InChI=1S/C25H36N2O3/c1-25(2,3)23(22-16-8-5-9-17-22)30-24(28)27(29)20-12-19-26-18-11-10-15-21-13-6-4-7-14-21/h4-9,13-14,16-17,23,26,29H,10-12,15,18-20H2,1-3H3. The Morgan fingerprint density at radius 3 is 2.20 bits per heavy atom. The van der Waals surface area contributed by atoms with E-state index in [-0.39, 0.29) is 12.0 Å². The monoisotopic (exact) mass is 412 g/mol. The fourth-order valence-corrected chi connectivity index (χ4v) is 3.33. The molecule has 0 aliphatic rings. The van der Waals surface area contributed by atoms with Crippen LogP contribution in [0.4, 0.5) is 4.79 Å². The molecule has 2 aromatic carbocycles. The van der Waals surface area contributed by atoms with Gasteiger partial charge in [0.05, 0.1) is 6.54 Å². The number of nitrogens with one attached hydrogen (secondary N) is 1. The average Bonchev–Trinajstić information content (AvgIpc) is 2.74. The molecular weight excluding hydrogens is 376 g/mol. The predicted octanol–water partition coefficient (Wildman–Crippen LogP) is 5.60. The van der Waals surface area contributed by atoms with E-state index >= 15 is 0 Å². The van der Waals surface area contributed by atoms with Crippen LogP contribution in [0.5, 0.6) is 0 Å². The molecule has 0 spiro atoms. The summed E-state index contributed by atoms with van der Waals surface area (Å²) >= 11 is 0. The number of nitrogens with zero attached hydrogens (tertiary/aromatic N) is 1. The first-order valence-electron chi connectivity index (χ1n) is 10.8. The van der Waals surface area contributed by atoms with Crippen LogP contribution in [0.2, 0.25) is 0 Å². The van der Waals surface area contributed by atoms with Gasteiger partial charge in [-0.15, -0.1) is 0 Å². The van der Waals surface area contributed by atoms with Crippen molar-refractivity contribution >= 4 is 6.09 Å². The number of aryl methyl sites for hydroxylation is 1. The van der Waals surface area contributed by atoms with Crippen LogP contribution in [-0.2, 0) is 11.2 Å². The quantitative estimate of drug-likeness (QED) is 0.286. The fourth-order valence-electron chi connectivity index (χ4n) is 3.33. The minimum atomic E-state index is -0.707. The van der Waals surface area contributed by atoms with E-state index in [1.165, 1.54) is 5.56 Å². The summed E-state index contributed by atoms with van der Waals surface area (Å²) in [5.74, 6) is 0. The Balaban J connectivity index is 1.63. The predicted molar refractivity (Wildman–Crippen MR) is 120 cm³/mol. The number of hydrogen-bond acceptors (Lipinski definition) is 4. The highest BCUT2D eigenvalue weighted by atomic mass is 16.6. The van der Waals surface area contributed by atoms with E-state index < -0.39 is 12.2 Å². The van der Waals surface area contributed by atoms with Gasteiger partial charge in [0, 0.05) is 5.41 Å². The second-order valence-electron chi connectivity index (χ2n) is 8.71. The third kappa shape index (κ3) is 8.56.